The molecule has 1 atom stereocenters. The number of nitrogens with zero attached hydrogens (tertiary/aromatic N) is 1. The number of ether oxygens (including phenoxy) is 1. The Balaban J connectivity index is 1.39. The molecule has 4 rings (SSSR count). The van der Waals surface area contributed by atoms with Crippen LogP contribution in [-0.4, -0.2) is 36.5 Å². The fourth-order valence-electron chi connectivity index (χ4n) is 4.04. The second-order valence-corrected chi connectivity index (χ2v) is 8.95. The molecule has 1 amide bonds. The predicted octanol–water partition coefficient (Wildman–Crippen LogP) is 4.66. The van der Waals surface area contributed by atoms with Crippen molar-refractivity contribution < 1.29 is 9.53 Å². The molecule has 0 radical (unpaired) electrons. The Morgan fingerprint density at radius 2 is 1.70 bits per heavy atom. The van der Waals surface area contributed by atoms with Crippen molar-refractivity contribution in [1.82, 2.24) is 4.90 Å². The first-order chi connectivity index (χ1) is 14.7. The Labute approximate surface area is 182 Å². The summed E-state index contributed by atoms with van der Waals surface area (Å²) in [7, 11) is 0. The van der Waals surface area contributed by atoms with Gasteiger partial charge in [-0.3, -0.25) is 4.79 Å². The number of hydrogen-bond donors (Lipinski definition) is 1. The Hall–Kier alpha value is -2.47. The highest BCUT2D eigenvalue weighted by Crippen LogP contribution is 2.29. The van der Waals surface area contributed by atoms with Crippen LogP contribution in [0.1, 0.15) is 44.6 Å². The maximum atomic E-state index is 11.3. The Bertz CT molecular complexity index is 903. The lowest BCUT2D eigenvalue weighted by molar-refractivity contribution is -0.0330. The predicted molar refractivity (Wildman–Crippen MR) is 122 cm³/mol. The fraction of sp³-hybridized carbons (Fsp3) is 0.320. The molecule has 3 aromatic rings. The third-order valence-electron chi connectivity index (χ3n) is 5.57. The van der Waals surface area contributed by atoms with E-state index in [9.17, 15) is 4.79 Å². The van der Waals surface area contributed by atoms with E-state index >= 15 is 0 Å². The summed E-state index contributed by atoms with van der Waals surface area (Å²) in [5.41, 5.74) is 7.76. The molecule has 1 aliphatic heterocycles. The molecule has 0 saturated carbocycles. The molecular formula is C25H28N2O2S. The first-order valence-corrected chi connectivity index (χ1v) is 11.4. The van der Waals surface area contributed by atoms with Gasteiger partial charge in [-0.1, -0.05) is 60.7 Å². The summed E-state index contributed by atoms with van der Waals surface area (Å²) in [5, 5.41) is 0. The van der Waals surface area contributed by atoms with Crippen LogP contribution < -0.4 is 5.73 Å². The van der Waals surface area contributed by atoms with Crippen LogP contribution in [0, 0.1) is 0 Å². The quantitative estimate of drug-likeness (QED) is 0.577. The van der Waals surface area contributed by atoms with E-state index in [1.54, 1.807) is 0 Å². The van der Waals surface area contributed by atoms with E-state index in [0.717, 1.165) is 38.9 Å². The van der Waals surface area contributed by atoms with Crippen molar-refractivity contribution in [3.8, 4) is 0 Å². The maximum absolute atomic E-state index is 11.3. The number of carbonyl (C=O) groups excluding carboxylic acids is 1. The van der Waals surface area contributed by atoms with Gasteiger partial charge >= 0.3 is 0 Å². The zero-order valence-electron chi connectivity index (χ0n) is 17.1. The molecule has 2 N–H and O–H groups in total. The number of likely N-dealkylation sites (tertiary alicyclic amines) is 1. The zero-order chi connectivity index (χ0) is 20.8. The number of thiophene rings is 1. The second kappa shape index (κ2) is 10.0. The van der Waals surface area contributed by atoms with Crippen molar-refractivity contribution in [2.45, 2.75) is 31.5 Å². The lowest BCUT2D eigenvalue weighted by Crippen LogP contribution is -2.41. The number of rotatable bonds is 8. The molecule has 30 heavy (non-hydrogen) atoms. The lowest BCUT2D eigenvalue weighted by atomic mass is 10.00. The van der Waals surface area contributed by atoms with Gasteiger partial charge in [-0.2, -0.15) is 0 Å². The number of benzene rings is 2. The Morgan fingerprint density at radius 1 is 1.03 bits per heavy atom. The van der Waals surface area contributed by atoms with Gasteiger partial charge in [0.05, 0.1) is 11.0 Å². The molecular weight excluding hydrogens is 392 g/mol. The summed E-state index contributed by atoms with van der Waals surface area (Å²) in [6.07, 6.45) is 3.31. The van der Waals surface area contributed by atoms with Crippen LogP contribution in [0.5, 0.6) is 0 Å². The maximum Gasteiger partial charge on any atom is 0.258 e. The highest BCUT2D eigenvalue weighted by atomic mass is 32.1. The van der Waals surface area contributed by atoms with E-state index in [4.69, 9.17) is 10.5 Å². The number of piperidine rings is 1. The summed E-state index contributed by atoms with van der Waals surface area (Å²) in [6, 6.07) is 24.8. The van der Waals surface area contributed by atoms with Gasteiger partial charge in [-0.15, -0.1) is 11.3 Å². The van der Waals surface area contributed by atoms with Crippen LogP contribution >= 0.6 is 11.3 Å². The van der Waals surface area contributed by atoms with Crippen molar-refractivity contribution in [2.75, 3.05) is 19.6 Å². The third kappa shape index (κ3) is 5.36. The van der Waals surface area contributed by atoms with Gasteiger partial charge in [-0.05, 0) is 49.1 Å². The molecule has 0 bridgehead atoms. The van der Waals surface area contributed by atoms with E-state index in [1.807, 2.05) is 24.3 Å². The van der Waals surface area contributed by atoms with Gasteiger partial charge in [0.2, 0.25) is 0 Å². The summed E-state index contributed by atoms with van der Waals surface area (Å²) in [4.78, 5) is 15.6. The molecule has 1 aliphatic rings. The summed E-state index contributed by atoms with van der Waals surface area (Å²) in [5.74, 6) is -0.342. The molecule has 1 unspecified atom stereocenters. The van der Waals surface area contributed by atoms with Crippen molar-refractivity contribution in [3.63, 3.8) is 0 Å². The number of amides is 1. The van der Waals surface area contributed by atoms with E-state index in [-0.39, 0.29) is 18.1 Å². The first kappa shape index (κ1) is 20.8. The third-order valence-corrected chi connectivity index (χ3v) is 6.73. The van der Waals surface area contributed by atoms with Gasteiger partial charge < -0.3 is 15.4 Å². The highest BCUT2D eigenvalue weighted by Gasteiger charge is 2.25. The minimum absolute atomic E-state index is 0.0484. The molecule has 1 fully saturated rings. The van der Waals surface area contributed by atoms with Crippen molar-refractivity contribution in [1.29, 1.82) is 0 Å². The molecule has 1 saturated heterocycles. The number of hydrogen-bond acceptors (Lipinski definition) is 4. The monoisotopic (exact) mass is 420 g/mol. The second-order valence-electron chi connectivity index (χ2n) is 7.78. The van der Waals surface area contributed by atoms with E-state index in [2.05, 4.69) is 53.4 Å². The van der Waals surface area contributed by atoms with Crippen LogP contribution in [0.2, 0.25) is 0 Å². The van der Waals surface area contributed by atoms with Crippen LogP contribution in [-0.2, 0) is 11.2 Å². The fourth-order valence-corrected chi connectivity index (χ4v) is 4.89. The Morgan fingerprint density at radius 3 is 2.30 bits per heavy atom. The average molecular weight is 421 g/mol. The van der Waals surface area contributed by atoms with Gasteiger partial charge in [0.25, 0.3) is 5.91 Å². The first-order valence-electron chi connectivity index (χ1n) is 10.6. The summed E-state index contributed by atoms with van der Waals surface area (Å²) in [6.45, 7) is 3.00. The van der Waals surface area contributed by atoms with Gasteiger partial charge in [-0.25, -0.2) is 0 Å². The highest BCUT2D eigenvalue weighted by molar-refractivity contribution is 7.14. The largest absolute Gasteiger partial charge is 0.365 e. The Kier molecular flexibility index (Phi) is 6.95. The standard InChI is InChI=1S/C25H28N2O2S/c26-25(28)23-14-13-22(30-23)15-17-27-16-7-12-21(18-27)29-24(19-8-3-1-4-9-19)20-10-5-2-6-11-20/h1-6,8-11,13-14,21,24H,7,12,15-18H2,(H2,26,28). The molecule has 156 valence electrons. The van der Waals surface area contributed by atoms with Crippen LogP contribution in [0.15, 0.2) is 72.8 Å². The van der Waals surface area contributed by atoms with E-state index in [0.29, 0.717) is 4.88 Å². The smallest absolute Gasteiger partial charge is 0.258 e. The van der Waals surface area contributed by atoms with Crippen LogP contribution in [0.4, 0.5) is 0 Å². The van der Waals surface area contributed by atoms with Crippen LogP contribution in [0.3, 0.4) is 0 Å². The average Bonchev–Trinajstić information content (AvgIpc) is 3.27. The molecule has 0 aliphatic carbocycles. The lowest BCUT2D eigenvalue weighted by Gasteiger charge is -2.35. The van der Waals surface area contributed by atoms with Crippen molar-refractivity contribution >= 4 is 17.2 Å². The van der Waals surface area contributed by atoms with Crippen molar-refractivity contribution in [2.24, 2.45) is 5.73 Å². The van der Waals surface area contributed by atoms with Gasteiger partial charge in [0.1, 0.15) is 6.10 Å². The SMILES string of the molecule is NC(=O)c1ccc(CCN2CCCC(OC(c3ccccc3)c3ccccc3)C2)s1. The van der Waals surface area contributed by atoms with E-state index in [1.165, 1.54) is 27.3 Å². The molecule has 2 aromatic carbocycles. The summed E-state index contributed by atoms with van der Waals surface area (Å²) >= 11 is 1.50. The molecule has 4 nitrogen and oxygen atoms in total. The topological polar surface area (TPSA) is 55.6 Å². The van der Waals surface area contributed by atoms with Crippen LogP contribution in [0.25, 0.3) is 0 Å². The van der Waals surface area contributed by atoms with E-state index < -0.39 is 0 Å². The minimum Gasteiger partial charge on any atom is -0.365 e. The molecule has 0 spiro atoms. The normalized spacial score (nSPS) is 17.3. The van der Waals surface area contributed by atoms with Gasteiger partial charge in [0.15, 0.2) is 0 Å². The van der Waals surface area contributed by atoms with Gasteiger partial charge in [0, 0.05) is 18.0 Å². The molecule has 5 heteroatoms. The van der Waals surface area contributed by atoms with Crippen molar-refractivity contribution in [3.05, 3.63) is 93.7 Å². The minimum atomic E-state index is -0.342. The zero-order valence-corrected chi connectivity index (χ0v) is 17.9. The number of primary amides is 1. The molecule has 2 heterocycles. The molecule has 1 aromatic heterocycles. The number of nitrogens with two attached hydrogens (primary N) is 1. The number of carbonyl (C=O) groups is 1. The summed E-state index contributed by atoms with van der Waals surface area (Å²) < 4.78 is 6.68.